The van der Waals surface area contributed by atoms with E-state index in [-0.39, 0.29) is 16.6 Å². The van der Waals surface area contributed by atoms with Gasteiger partial charge in [-0.15, -0.1) is 0 Å². The summed E-state index contributed by atoms with van der Waals surface area (Å²) < 4.78 is 42.3. The summed E-state index contributed by atoms with van der Waals surface area (Å²) in [6.07, 6.45) is -4.56. The maximum Gasteiger partial charge on any atom is 0.419 e. The lowest BCUT2D eigenvalue weighted by Gasteiger charge is -2.11. The molecule has 0 N–H and O–H groups in total. The van der Waals surface area contributed by atoms with Crippen molar-refractivity contribution in [2.45, 2.75) is 20.0 Å². The van der Waals surface area contributed by atoms with Gasteiger partial charge in [0.2, 0.25) is 5.91 Å². The highest BCUT2D eigenvalue weighted by molar-refractivity contribution is 6.01. The molecule has 5 heteroatoms. The lowest BCUT2D eigenvalue weighted by atomic mass is 10.0. The van der Waals surface area contributed by atoms with Crippen LogP contribution in [0.3, 0.4) is 0 Å². The summed E-state index contributed by atoms with van der Waals surface area (Å²) in [7, 11) is 0. The number of nitrogens with zero attached hydrogens (tertiary/aromatic N) is 1. The Morgan fingerprint density at radius 1 is 1.04 bits per heavy atom. The van der Waals surface area contributed by atoms with Crippen molar-refractivity contribution in [2.75, 3.05) is 0 Å². The van der Waals surface area contributed by atoms with E-state index in [9.17, 15) is 18.0 Å². The normalized spacial score (nSPS) is 11.9. The molecule has 2 aromatic carbocycles. The minimum Gasteiger partial charge on any atom is -0.279 e. The summed E-state index contributed by atoms with van der Waals surface area (Å²) >= 11 is 0. The number of hydrogen-bond acceptors (Lipinski definition) is 1. The number of rotatable bonds is 1. The van der Waals surface area contributed by atoms with Crippen molar-refractivity contribution >= 4 is 16.8 Å². The summed E-state index contributed by atoms with van der Waals surface area (Å²) in [5.41, 5.74) is 0.568. The van der Waals surface area contributed by atoms with Gasteiger partial charge in [0.05, 0.1) is 16.8 Å². The van der Waals surface area contributed by atoms with Crippen molar-refractivity contribution in [2.24, 2.45) is 0 Å². The van der Waals surface area contributed by atoms with Gasteiger partial charge in [-0.1, -0.05) is 42.5 Å². The SMILES string of the molecule is CC(=O)n1c(-c2ccccc2)c(C(F)(F)F)c2ccc(C)cc21. The molecule has 0 radical (unpaired) electrons. The number of carbonyl (C=O) groups excluding carboxylic acids is 1. The first kappa shape index (κ1) is 15.3. The molecule has 0 aliphatic heterocycles. The predicted octanol–water partition coefficient (Wildman–Crippen LogP) is 5.30. The van der Waals surface area contributed by atoms with Crippen LogP contribution in [0.1, 0.15) is 22.8 Å². The average molecular weight is 317 g/mol. The van der Waals surface area contributed by atoms with E-state index in [0.29, 0.717) is 5.56 Å². The Bertz CT molecular complexity index is 892. The number of aryl methyl sites for hydroxylation is 1. The zero-order chi connectivity index (χ0) is 16.8. The number of benzene rings is 2. The van der Waals surface area contributed by atoms with Gasteiger partial charge in [-0.2, -0.15) is 13.2 Å². The van der Waals surface area contributed by atoms with Crippen molar-refractivity contribution in [1.29, 1.82) is 0 Å². The van der Waals surface area contributed by atoms with E-state index in [4.69, 9.17) is 0 Å². The summed E-state index contributed by atoms with van der Waals surface area (Å²) in [5.74, 6) is -0.449. The van der Waals surface area contributed by atoms with Crippen molar-refractivity contribution in [3.63, 3.8) is 0 Å². The third-order valence-corrected chi connectivity index (χ3v) is 3.77. The van der Waals surface area contributed by atoms with Crippen molar-refractivity contribution < 1.29 is 18.0 Å². The van der Waals surface area contributed by atoms with Crippen molar-refractivity contribution in [3.8, 4) is 11.3 Å². The maximum absolute atomic E-state index is 13.7. The Balaban J connectivity index is 2.54. The highest BCUT2D eigenvalue weighted by Crippen LogP contribution is 2.44. The summed E-state index contributed by atoms with van der Waals surface area (Å²) in [4.78, 5) is 12.1. The first-order chi connectivity index (χ1) is 10.8. The lowest BCUT2D eigenvalue weighted by Crippen LogP contribution is -2.11. The molecule has 0 aliphatic carbocycles. The van der Waals surface area contributed by atoms with Crippen LogP contribution in [-0.2, 0) is 6.18 Å². The molecule has 0 unspecified atom stereocenters. The fraction of sp³-hybridized carbons (Fsp3) is 0.167. The third-order valence-electron chi connectivity index (χ3n) is 3.77. The predicted molar refractivity (Wildman–Crippen MR) is 83.4 cm³/mol. The fourth-order valence-electron chi connectivity index (χ4n) is 2.88. The topological polar surface area (TPSA) is 22.0 Å². The van der Waals surface area contributed by atoms with Crippen molar-refractivity contribution in [3.05, 3.63) is 59.7 Å². The molecule has 0 saturated heterocycles. The van der Waals surface area contributed by atoms with E-state index in [2.05, 4.69) is 0 Å². The minimum absolute atomic E-state index is 0.0390. The quantitative estimate of drug-likeness (QED) is 0.597. The average Bonchev–Trinajstić information content (AvgIpc) is 2.82. The Kier molecular flexibility index (Phi) is 3.51. The van der Waals surface area contributed by atoms with Gasteiger partial charge in [-0.05, 0) is 24.1 Å². The largest absolute Gasteiger partial charge is 0.419 e. The Morgan fingerprint density at radius 3 is 2.26 bits per heavy atom. The highest BCUT2D eigenvalue weighted by atomic mass is 19.4. The zero-order valence-corrected chi connectivity index (χ0v) is 12.6. The van der Waals surface area contributed by atoms with Crippen LogP contribution >= 0.6 is 0 Å². The second-order valence-corrected chi connectivity index (χ2v) is 5.46. The standard InChI is InChI=1S/C18H14F3NO/c1-11-8-9-14-15(10-11)22(12(2)23)17(16(14)18(19,20)21)13-6-4-3-5-7-13/h3-10H,1-2H3. The molecule has 0 amide bonds. The van der Waals surface area contributed by atoms with Crippen molar-refractivity contribution in [1.82, 2.24) is 4.57 Å². The van der Waals surface area contributed by atoms with Crippen LogP contribution in [0.15, 0.2) is 48.5 Å². The molecule has 0 fully saturated rings. The highest BCUT2D eigenvalue weighted by Gasteiger charge is 2.39. The fourth-order valence-corrected chi connectivity index (χ4v) is 2.88. The van der Waals surface area contributed by atoms with Gasteiger partial charge >= 0.3 is 6.18 Å². The monoisotopic (exact) mass is 317 g/mol. The van der Waals surface area contributed by atoms with Gasteiger partial charge in [-0.3, -0.25) is 9.36 Å². The molecule has 118 valence electrons. The summed E-state index contributed by atoms with van der Waals surface area (Å²) in [6.45, 7) is 3.06. The van der Waals surface area contributed by atoms with Crippen LogP contribution in [0.5, 0.6) is 0 Å². The van der Waals surface area contributed by atoms with Crippen LogP contribution in [0, 0.1) is 6.92 Å². The van der Waals surface area contributed by atoms with E-state index in [0.717, 1.165) is 10.1 Å². The van der Waals surface area contributed by atoms with Crippen LogP contribution in [0.4, 0.5) is 13.2 Å². The summed E-state index contributed by atoms with van der Waals surface area (Å²) in [6, 6.07) is 12.9. The summed E-state index contributed by atoms with van der Waals surface area (Å²) in [5, 5.41) is 0.0390. The van der Waals surface area contributed by atoms with E-state index < -0.39 is 17.6 Å². The van der Waals surface area contributed by atoms with Crippen LogP contribution in [-0.4, -0.2) is 10.5 Å². The third kappa shape index (κ3) is 2.52. The van der Waals surface area contributed by atoms with E-state index in [1.54, 1.807) is 49.4 Å². The number of halogens is 3. The molecule has 0 spiro atoms. The number of alkyl halides is 3. The minimum atomic E-state index is -4.56. The maximum atomic E-state index is 13.7. The van der Waals surface area contributed by atoms with Gasteiger partial charge in [0.15, 0.2) is 0 Å². The Labute approximate surface area is 131 Å². The molecule has 0 bridgehead atoms. The molecular formula is C18H14F3NO. The molecule has 0 saturated carbocycles. The number of fused-ring (bicyclic) bond motifs is 1. The van der Waals surface area contributed by atoms with Gasteiger partial charge in [0.25, 0.3) is 0 Å². The first-order valence-corrected chi connectivity index (χ1v) is 7.09. The molecule has 23 heavy (non-hydrogen) atoms. The Morgan fingerprint density at radius 2 is 1.70 bits per heavy atom. The molecule has 1 heterocycles. The molecule has 2 nitrogen and oxygen atoms in total. The number of carbonyl (C=O) groups is 1. The van der Waals surface area contributed by atoms with E-state index >= 15 is 0 Å². The van der Waals surface area contributed by atoms with Gasteiger partial charge < -0.3 is 0 Å². The van der Waals surface area contributed by atoms with Crippen LogP contribution in [0.2, 0.25) is 0 Å². The van der Waals surface area contributed by atoms with Crippen LogP contribution in [0.25, 0.3) is 22.2 Å². The molecule has 3 rings (SSSR count). The second kappa shape index (κ2) is 5.26. The first-order valence-electron chi connectivity index (χ1n) is 7.09. The van der Waals surface area contributed by atoms with E-state index in [1.165, 1.54) is 13.0 Å². The van der Waals surface area contributed by atoms with Gasteiger partial charge in [0, 0.05) is 12.3 Å². The van der Waals surface area contributed by atoms with E-state index in [1.807, 2.05) is 0 Å². The van der Waals surface area contributed by atoms with Gasteiger partial charge in [-0.25, -0.2) is 0 Å². The number of hydrogen-bond donors (Lipinski definition) is 0. The van der Waals surface area contributed by atoms with Gasteiger partial charge in [0.1, 0.15) is 0 Å². The molecule has 0 aliphatic rings. The lowest BCUT2D eigenvalue weighted by molar-refractivity contribution is -0.135. The number of aromatic nitrogens is 1. The Hall–Kier alpha value is -2.56. The molecule has 0 atom stereocenters. The second-order valence-electron chi connectivity index (χ2n) is 5.46. The molecule has 3 aromatic rings. The molecule has 1 aromatic heterocycles. The smallest absolute Gasteiger partial charge is 0.279 e. The molecular weight excluding hydrogens is 303 g/mol. The van der Waals surface area contributed by atoms with Crippen LogP contribution < -0.4 is 0 Å². The zero-order valence-electron chi connectivity index (χ0n) is 12.6.